The third-order valence-corrected chi connectivity index (χ3v) is 6.65. The smallest absolute Gasteiger partial charge is 0.269 e. The number of rotatable bonds is 6. The number of hydrogen-bond acceptors (Lipinski definition) is 7. The highest BCUT2D eigenvalue weighted by Crippen LogP contribution is 2.28. The van der Waals surface area contributed by atoms with Crippen molar-refractivity contribution in [1.82, 2.24) is 24.9 Å². The third kappa shape index (κ3) is 5.21. The van der Waals surface area contributed by atoms with Crippen LogP contribution < -0.4 is 15.6 Å². The van der Waals surface area contributed by atoms with E-state index in [-0.39, 0.29) is 35.8 Å². The second-order valence-corrected chi connectivity index (χ2v) is 8.88. The van der Waals surface area contributed by atoms with Gasteiger partial charge in [0.25, 0.3) is 11.8 Å². The molecule has 0 atom stereocenters. The van der Waals surface area contributed by atoms with E-state index < -0.39 is 21.8 Å². The summed E-state index contributed by atoms with van der Waals surface area (Å²) >= 11 is 0. The van der Waals surface area contributed by atoms with Crippen LogP contribution in [0.25, 0.3) is 0 Å². The largest absolute Gasteiger partial charge is 0.495 e. The van der Waals surface area contributed by atoms with Gasteiger partial charge in [0.05, 0.1) is 26.0 Å². The molecule has 0 bridgehead atoms. The van der Waals surface area contributed by atoms with Crippen molar-refractivity contribution in [2.75, 3.05) is 33.4 Å². The molecule has 3 rings (SSSR count). The first-order valence-electron chi connectivity index (χ1n) is 9.58. The van der Waals surface area contributed by atoms with Gasteiger partial charge in [-0.1, -0.05) is 0 Å². The lowest BCUT2D eigenvalue weighted by molar-refractivity contribution is -0.122. The quantitative estimate of drug-likeness (QED) is 0.591. The molecule has 0 unspecified atom stereocenters. The average Bonchev–Trinajstić information content (AvgIpc) is 3.08. The van der Waals surface area contributed by atoms with Gasteiger partial charge in [0, 0.05) is 24.3 Å². The Bertz CT molecular complexity index is 1080. The highest BCUT2D eigenvalue weighted by atomic mass is 32.2. The van der Waals surface area contributed by atoms with Crippen molar-refractivity contribution in [3.63, 3.8) is 0 Å². The predicted octanol–water partition coefficient (Wildman–Crippen LogP) is -0.00936. The third-order valence-electron chi connectivity index (χ3n) is 4.73. The monoisotopic (exact) mass is 451 g/mol. The van der Waals surface area contributed by atoms with E-state index in [1.807, 2.05) is 19.9 Å². The maximum Gasteiger partial charge on any atom is 0.269 e. The molecule has 1 aliphatic heterocycles. The van der Waals surface area contributed by atoms with Crippen LogP contribution in [0.3, 0.4) is 0 Å². The summed E-state index contributed by atoms with van der Waals surface area (Å²) in [4.78, 5) is 24.5. The number of sulfonamides is 1. The predicted molar refractivity (Wildman–Crippen MR) is 110 cm³/mol. The molecule has 1 aliphatic rings. The number of hydrazine groups is 1. The molecule has 12 heteroatoms. The summed E-state index contributed by atoms with van der Waals surface area (Å²) in [5.74, 6) is -1.02. The van der Waals surface area contributed by atoms with Crippen LogP contribution in [0.5, 0.6) is 5.75 Å². The standard InChI is InChI=1S/C19H25N5O6S/c1-13-10-14(2)24(22-13)12-18(25)20-21-19(26)15-4-5-16(29-3)17(11-15)31(27,28)23-6-8-30-9-7-23/h4-5,10-11H,6-9,12H2,1-3H3,(H,20,25)(H,21,26). The van der Waals surface area contributed by atoms with Crippen LogP contribution >= 0.6 is 0 Å². The van der Waals surface area contributed by atoms with Crippen molar-refractivity contribution in [3.8, 4) is 5.75 Å². The molecule has 1 saturated heterocycles. The van der Waals surface area contributed by atoms with E-state index in [1.165, 1.54) is 34.3 Å². The Morgan fingerprint density at radius 3 is 2.48 bits per heavy atom. The molecule has 11 nitrogen and oxygen atoms in total. The van der Waals surface area contributed by atoms with Crippen LogP contribution in [0.2, 0.25) is 0 Å². The molecule has 2 N–H and O–H groups in total. The Balaban J connectivity index is 1.72. The summed E-state index contributed by atoms with van der Waals surface area (Å²) < 4.78 is 39.2. The van der Waals surface area contributed by atoms with Gasteiger partial charge < -0.3 is 9.47 Å². The van der Waals surface area contributed by atoms with E-state index in [2.05, 4.69) is 16.0 Å². The Labute approximate surface area is 180 Å². The van der Waals surface area contributed by atoms with Crippen LogP contribution in [0.4, 0.5) is 0 Å². The maximum absolute atomic E-state index is 13.0. The number of aromatic nitrogens is 2. The zero-order chi connectivity index (χ0) is 22.6. The van der Waals surface area contributed by atoms with Crippen molar-refractivity contribution >= 4 is 21.8 Å². The fourth-order valence-electron chi connectivity index (χ4n) is 3.15. The maximum atomic E-state index is 13.0. The lowest BCUT2D eigenvalue weighted by atomic mass is 10.2. The number of carbonyl (C=O) groups excluding carboxylic acids is 2. The zero-order valence-corrected chi connectivity index (χ0v) is 18.4. The lowest BCUT2D eigenvalue weighted by Crippen LogP contribution is -2.43. The van der Waals surface area contributed by atoms with Gasteiger partial charge in [-0.2, -0.15) is 9.40 Å². The molecule has 1 aromatic carbocycles. The first-order valence-corrected chi connectivity index (χ1v) is 11.0. The number of carbonyl (C=O) groups is 2. The topological polar surface area (TPSA) is 132 Å². The first kappa shape index (κ1) is 22.7. The van der Waals surface area contributed by atoms with Crippen molar-refractivity contribution in [2.24, 2.45) is 0 Å². The molecule has 0 saturated carbocycles. The summed E-state index contributed by atoms with van der Waals surface area (Å²) in [6, 6.07) is 5.88. The van der Waals surface area contributed by atoms with Gasteiger partial charge >= 0.3 is 0 Å². The molecule has 0 spiro atoms. The summed E-state index contributed by atoms with van der Waals surface area (Å²) in [5.41, 5.74) is 6.25. The number of ether oxygens (including phenoxy) is 2. The Kier molecular flexibility index (Phi) is 6.93. The van der Waals surface area contributed by atoms with Gasteiger partial charge in [0.15, 0.2) is 0 Å². The summed E-state index contributed by atoms with van der Waals surface area (Å²) in [6.07, 6.45) is 0. The number of morpholine rings is 1. The van der Waals surface area contributed by atoms with Gasteiger partial charge in [0.2, 0.25) is 10.0 Å². The molecule has 0 aliphatic carbocycles. The number of nitrogens with zero attached hydrogens (tertiary/aromatic N) is 3. The minimum Gasteiger partial charge on any atom is -0.495 e. The van der Waals surface area contributed by atoms with Crippen LogP contribution in [0.1, 0.15) is 21.7 Å². The van der Waals surface area contributed by atoms with E-state index in [0.717, 1.165) is 11.4 Å². The van der Waals surface area contributed by atoms with Gasteiger partial charge in [-0.25, -0.2) is 8.42 Å². The minimum atomic E-state index is -3.89. The number of aryl methyl sites for hydroxylation is 2. The molecule has 1 aromatic heterocycles. The molecule has 31 heavy (non-hydrogen) atoms. The second kappa shape index (κ2) is 9.45. The second-order valence-electron chi connectivity index (χ2n) is 6.97. The van der Waals surface area contributed by atoms with Crippen LogP contribution in [-0.2, 0) is 26.1 Å². The van der Waals surface area contributed by atoms with E-state index in [9.17, 15) is 18.0 Å². The van der Waals surface area contributed by atoms with Gasteiger partial charge in [-0.3, -0.25) is 25.1 Å². The number of nitrogens with one attached hydrogen (secondary N) is 2. The van der Waals surface area contributed by atoms with Crippen LogP contribution in [0, 0.1) is 13.8 Å². The summed E-state index contributed by atoms with van der Waals surface area (Å²) in [5, 5.41) is 4.19. The average molecular weight is 452 g/mol. The van der Waals surface area contributed by atoms with Gasteiger partial charge in [-0.05, 0) is 38.1 Å². The number of methoxy groups -OCH3 is 1. The Morgan fingerprint density at radius 1 is 1.16 bits per heavy atom. The van der Waals surface area contributed by atoms with Crippen molar-refractivity contribution < 1.29 is 27.5 Å². The summed E-state index contributed by atoms with van der Waals surface area (Å²) in [7, 11) is -2.53. The summed E-state index contributed by atoms with van der Waals surface area (Å²) in [6.45, 7) is 4.58. The fourth-order valence-corrected chi connectivity index (χ4v) is 4.74. The highest BCUT2D eigenvalue weighted by molar-refractivity contribution is 7.89. The first-order chi connectivity index (χ1) is 14.7. The minimum absolute atomic E-state index is 0.0547. The van der Waals surface area contributed by atoms with Crippen LogP contribution in [-0.4, -0.2) is 67.7 Å². The highest BCUT2D eigenvalue weighted by Gasteiger charge is 2.30. The van der Waals surface area contributed by atoms with E-state index in [0.29, 0.717) is 13.2 Å². The Morgan fingerprint density at radius 2 is 1.87 bits per heavy atom. The van der Waals surface area contributed by atoms with E-state index >= 15 is 0 Å². The molecule has 2 heterocycles. The van der Waals surface area contributed by atoms with E-state index in [4.69, 9.17) is 9.47 Å². The SMILES string of the molecule is COc1ccc(C(=O)NNC(=O)Cn2nc(C)cc2C)cc1S(=O)(=O)N1CCOCC1. The number of benzene rings is 1. The molecule has 0 radical (unpaired) electrons. The zero-order valence-electron chi connectivity index (χ0n) is 17.5. The molecule has 1 fully saturated rings. The Hall–Kier alpha value is -2.96. The van der Waals surface area contributed by atoms with Crippen LogP contribution in [0.15, 0.2) is 29.2 Å². The van der Waals surface area contributed by atoms with Crippen molar-refractivity contribution in [1.29, 1.82) is 0 Å². The molecular formula is C19H25N5O6S. The molecule has 2 aromatic rings. The van der Waals surface area contributed by atoms with Gasteiger partial charge in [-0.15, -0.1) is 0 Å². The molecule has 2 amide bonds. The van der Waals surface area contributed by atoms with Gasteiger partial charge in [0.1, 0.15) is 17.2 Å². The fraction of sp³-hybridized carbons (Fsp3) is 0.421. The molecular weight excluding hydrogens is 426 g/mol. The van der Waals surface area contributed by atoms with E-state index in [1.54, 1.807) is 0 Å². The number of amides is 2. The molecule has 168 valence electrons. The lowest BCUT2D eigenvalue weighted by Gasteiger charge is -2.26. The van der Waals surface area contributed by atoms with Crippen molar-refractivity contribution in [3.05, 3.63) is 41.2 Å². The van der Waals surface area contributed by atoms with Crippen molar-refractivity contribution in [2.45, 2.75) is 25.3 Å². The number of hydrogen-bond donors (Lipinski definition) is 2. The normalized spacial score (nSPS) is 14.8.